The minimum atomic E-state index is -0.315. The number of nitrogens with zero attached hydrogens (tertiary/aromatic N) is 3. The predicted octanol–water partition coefficient (Wildman–Crippen LogP) is 6.14. The number of para-hydroxylation sites is 2. The molecule has 0 atom stereocenters. The first-order chi connectivity index (χ1) is 17.1. The number of fused-ring (bicyclic) bond motifs is 2. The molecule has 0 saturated heterocycles. The van der Waals surface area contributed by atoms with E-state index in [1.165, 1.54) is 10.9 Å². The van der Waals surface area contributed by atoms with Crippen LogP contribution in [-0.2, 0) is 0 Å². The molecule has 176 valence electrons. The van der Waals surface area contributed by atoms with Crippen molar-refractivity contribution in [2.75, 3.05) is 13.2 Å². The maximum absolute atomic E-state index is 13.4. The van der Waals surface area contributed by atoms with Crippen molar-refractivity contribution >= 4 is 39.7 Å². The third-order valence-electron chi connectivity index (χ3n) is 5.34. The van der Waals surface area contributed by atoms with Crippen LogP contribution in [0, 0.1) is 0 Å². The van der Waals surface area contributed by atoms with Crippen molar-refractivity contribution in [1.82, 2.24) is 9.66 Å². The van der Waals surface area contributed by atoms with Gasteiger partial charge in [-0.25, -0.2) is 4.98 Å². The SMILES string of the molecule is CCOc1cc(C=Nn2c(-c3cc4ccccc4o3)nc3ccccc3c2=O)cc(Cl)c1OCC. The molecule has 0 radical (unpaired) electrons. The lowest BCUT2D eigenvalue weighted by Gasteiger charge is -2.13. The molecule has 0 fully saturated rings. The number of benzene rings is 3. The van der Waals surface area contributed by atoms with E-state index in [1.54, 1.807) is 30.3 Å². The van der Waals surface area contributed by atoms with Crippen LogP contribution in [0.25, 0.3) is 33.5 Å². The van der Waals surface area contributed by atoms with Crippen molar-refractivity contribution in [3.05, 3.63) is 87.7 Å². The third-order valence-corrected chi connectivity index (χ3v) is 5.62. The summed E-state index contributed by atoms with van der Waals surface area (Å²) in [5.41, 5.74) is 1.57. The van der Waals surface area contributed by atoms with Gasteiger partial charge in [-0.15, -0.1) is 0 Å². The highest BCUT2D eigenvalue weighted by molar-refractivity contribution is 6.32. The number of halogens is 1. The largest absolute Gasteiger partial charge is 0.490 e. The van der Waals surface area contributed by atoms with Crippen molar-refractivity contribution in [2.45, 2.75) is 13.8 Å². The molecule has 0 aliphatic heterocycles. The van der Waals surface area contributed by atoms with E-state index in [2.05, 4.69) is 5.10 Å². The molecule has 0 aliphatic carbocycles. The van der Waals surface area contributed by atoms with Gasteiger partial charge in [-0.05, 0) is 55.8 Å². The summed E-state index contributed by atoms with van der Waals surface area (Å²) in [5.74, 6) is 1.71. The second-order valence-electron chi connectivity index (χ2n) is 7.66. The minimum Gasteiger partial charge on any atom is -0.490 e. The van der Waals surface area contributed by atoms with Crippen LogP contribution < -0.4 is 15.0 Å². The van der Waals surface area contributed by atoms with Gasteiger partial charge in [-0.2, -0.15) is 9.78 Å². The molecule has 8 heteroatoms. The molecule has 5 aromatic rings. The van der Waals surface area contributed by atoms with Gasteiger partial charge in [0.1, 0.15) is 5.58 Å². The maximum Gasteiger partial charge on any atom is 0.282 e. The Morgan fingerprint density at radius 1 is 1.03 bits per heavy atom. The second kappa shape index (κ2) is 9.64. The van der Waals surface area contributed by atoms with Gasteiger partial charge in [-0.3, -0.25) is 4.79 Å². The lowest BCUT2D eigenvalue weighted by Crippen LogP contribution is -2.20. The first-order valence-corrected chi connectivity index (χ1v) is 11.6. The number of rotatable bonds is 7. The fourth-order valence-corrected chi connectivity index (χ4v) is 4.09. The number of aromatic nitrogens is 2. The second-order valence-corrected chi connectivity index (χ2v) is 8.07. The summed E-state index contributed by atoms with van der Waals surface area (Å²) in [6.45, 7) is 4.65. The summed E-state index contributed by atoms with van der Waals surface area (Å²) in [4.78, 5) is 18.1. The Morgan fingerprint density at radius 3 is 2.60 bits per heavy atom. The lowest BCUT2D eigenvalue weighted by molar-refractivity contribution is 0.288. The zero-order valence-corrected chi connectivity index (χ0v) is 20.0. The lowest BCUT2D eigenvalue weighted by atomic mass is 10.2. The van der Waals surface area contributed by atoms with E-state index in [9.17, 15) is 4.79 Å². The molecule has 7 nitrogen and oxygen atoms in total. The maximum atomic E-state index is 13.4. The molecule has 0 unspecified atom stereocenters. The van der Waals surface area contributed by atoms with Crippen molar-refractivity contribution in [1.29, 1.82) is 0 Å². The highest BCUT2D eigenvalue weighted by Gasteiger charge is 2.17. The fraction of sp³-hybridized carbons (Fsp3) is 0.148. The summed E-state index contributed by atoms with van der Waals surface area (Å²) >= 11 is 6.45. The zero-order chi connectivity index (χ0) is 24.4. The van der Waals surface area contributed by atoms with Crippen LogP contribution in [0.1, 0.15) is 19.4 Å². The molecule has 0 spiro atoms. The molecule has 0 aliphatic rings. The minimum absolute atomic E-state index is 0.295. The molecular formula is C27H22ClN3O4. The van der Waals surface area contributed by atoms with E-state index in [0.29, 0.717) is 63.4 Å². The van der Waals surface area contributed by atoms with Crippen LogP contribution in [0.4, 0.5) is 0 Å². The average Bonchev–Trinajstić information content (AvgIpc) is 3.30. The van der Waals surface area contributed by atoms with E-state index < -0.39 is 0 Å². The van der Waals surface area contributed by atoms with Crippen LogP contribution in [-0.4, -0.2) is 29.1 Å². The summed E-state index contributed by atoms with van der Waals surface area (Å²) in [6, 6.07) is 20.1. The number of hydrogen-bond acceptors (Lipinski definition) is 6. The molecular weight excluding hydrogens is 466 g/mol. The number of ether oxygens (including phenoxy) is 2. The van der Waals surface area contributed by atoms with E-state index in [4.69, 9.17) is 30.5 Å². The monoisotopic (exact) mass is 487 g/mol. The number of furan rings is 1. The summed E-state index contributed by atoms with van der Waals surface area (Å²) in [6.07, 6.45) is 1.54. The van der Waals surface area contributed by atoms with Crippen molar-refractivity contribution in [3.63, 3.8) is 0 Å². The van der Waals surface area contributed by atoms with Crippen molar-refractivity contribution < 1.29 is 13.9 Å². The summed E-state index contributed by atoms with van der Waals surface area (Å²) in [7, 11) is 0. The molecule has 0 N–H and O–H groups in total. The van der Waals surface area contributed by atoms with Gasteiger partial charge >= 0.3 is 0 Å². The van der Waals surface area contributed by atoms with Crippen LogP contribution >= 0.6 is 11.6 Å². The Bertz CT molecular complexity index is 1590. The Balaban J connectivity index is 1.67. The molecule has 3 aromatic carbocycles. The van der Waals surface area contributed by atoms with Gasteiger partial charge in [0.15, 0.2) is 17.3 Å². The first kappa shape index (κ1) is 22.7. The third kappa shape index (κ3) is 4.38. The first-order valence-electron chi connectivity index (χ1n) is 11.2. The standard InChI is InChI=1S/C27H22ClN3O4/c1-3-33-23-14-17(13-20(28)25(23)34-4-2)16-29-31-26(24-15-18-9-5-8-12-22(18)35-24)30-21-11-7-6-10-19(21)27(31)32/h5-16H,3-4H2,1-2H3. The normalized spacial score (nSPS) is 11.5. The fourth-order valence-electron chi connectivity index (χ4n) is 3.82. The van der Waals surface area contributed by atoms with E-state index in [1.807, 2.05) is 50.2 Å². The zero-order valence-electron chi connectivity index (χ0n) is 19.2. The van der Waals surface area contributed by atoms with Gasteiger partial charge in [-0.1, -0.05) is 41.9 Å². The Morgan fingerprint density at radius 2 is 1.80 bits per heavy atom. The van der Waals surface area contributed by atoms with Gasteiger partial charge in [0, 0.05) is 5.39 Å². The van der Waals surface area contributed by atoms with Crippen LogP contribution in [0.2, 0.25) is 5.02 Å². The van der Waals surface area contributed by atoms with Gasteiger partial charge in [0.25, 0.3) is 5.56 Å². The quantitative estimate of drug-likeness (QED) is 0.257. The molecule has 2 aromatic heterocycles. The van der Waals surface area contributed by atoms with Gasteiger partial charge in [0.2, 0.25) is 5.82 Å². The van der Waals surface area contributed by atoms with Crippen molar-refractivity contribution in [2.24, 2.45) is 5.10 Å². The summed E-state index contributed by atoms with van der Waals surface area (Å²) < 4.78 is 18.6. The molecule has 0 saturated carbocycles. The smallest absolute Gasteiger partial charge is 0.282 e. The average molecular weight is 488 g/mol. The Hall–Kier alpha value is -4.10. The van der Waals surface area contributed by atoms with Crippen LogP contribution in [0.3, 0.4) is 0 Å². The highest BCUT2D eigenvalue weighted by Crippen LogP contribution is 2.36. The predicted molar refractivity (Wildman–Crippen MR) is 138 cm³/mol. The van der Waals surface area contributed by atoms with Crippen molar-refractivity contribution in [3.8, 4) is 23.1 Å². The van der Waals surface area contributed by atoms with E-state index in [0.717, 1.165) is 5.39 Å². The van der Waals surface area contributed by atoms with E-state index in [-0.39, 0.29) is 5.56 Å². The number of hydrogen-bond donors (Lipinski definition) is 0. The highest BCUT2D eigenvalue weighted by atomic mass is 35.5. The molecule has 2 heterocycles. The topological polar surface area (TPSA) is 78.9 Å². The molecule has 0 amide bonds. The Kier molecular flexibility index (Phi) is 6.25. The van der Waals surface area contributed by atoms with E-state index >= 15 is 0 Å². The van der Waals surface area contributed by atoms with Gasteiger partial charge < -0.3 is 13.9 Å². The molecule has 5 rings (SSSR count). The van der Waals surface area contributed by atoms with Crippen LogP contribution in [0.5, 0.6) is 11.5 Å². The molecule has 0 bridgehead atoms. The van der Waals surface area contributed by atoms with Gasteiger partial charge in [0.05, 0.1) is 35.4 Å². The molecule has 35 heavy (non-hydrogen) atoms. The Labute approximate surface area is 206 Å². The van der Waals surface area contributed by atoms with Crippen LogP contribution in [0.15, 0.2) is 81.0 Å². The summed E-state index contributed by atoms with van der Waals surface area (Å²) in [5, 5.41) is 6.23.